The van der Waals surface area contributed by atoms with Crippen LogP contribution in [-0.4, -0.2) is 39.8 Å². The van der Waals surface area contributed by atoms with Crippen LogP contribution in [0.4, 0.5) is 0 Å². The predicted molar refractivity (Wildman–Crippen MR) is 104 cm³/mol. The minimum atomic E-state index is -0.724. The summed E-state index contributed by atoms with van der Waals surface area (Å²) < 4.78 is 20.8. The molecule has 0 aromatic heterocycles. The number of esters is 1. The highest BCUT2D eigenvalue weighted by Gasteiger charge is 2.22. The number of carbonyl (C=O) groups excluding carboxylic acids is 2. The van der Waals surface area contributed by atoms with Gasteiger partial charge in [0.2, 0.25) is 5.75 Å². The first-order valence-electron chi connectivity index (χ1n) is 8.42. The van der Waals surface area contributed by atoms with Gasteiger partial charge in [-0.15, -0.1) is 0 Å². The van der Waals surface area contributed by atoms with E-state index in [1.807, 2.05) is 12.1 Å². The van der Waals surface area contributed by atoms with Crippen LogP contribution in [0.25, 0.3) is 0 Å². The average molecular weight is 408 g/mol. The Bertz CT molecular complexity index is 855. The third kappa shape index (κ3) is 4.86. The van der Waals surface area contributed by atoms with Gasteiger partial charge in [0.25, 0.3) is 5.91 Å². The van der Waals surface area contributed by atoms with Crippen LogP contribution in [0.1, 0.15) is 28.9 Å². The van der Waals surface area contributed by atoms with Crippen molar-refractivity contribution in [2.24, 2.45) is 0 Å². The van der Waals surface area contributed by atoms with E-state index in [0.29, 0.717) is 10.8 Å². The molecule has 0 saturated heterocycles. The van der Waals surface area contributed by atoms with Gasteiger partial charge < -0.3 is 24.3 Å². The van der Waals surface area contributed by atoms with E-state index in [1.165, 1.54) is 27.4 Å². The summed E-state index contributed by atoms with van der Waals surface area (Å²) in [5, 5.41) is 3.28. The van der Waals surface area contributed by atoms with Crippen LogP contribution in [0.5, 0.6) is 17.2 Å². The van der Waals surface area contributed by atoms with Crippen LogP contribution in [0.15, 0.2) is 36.4 Å². The maximum absolute atomic E-state index is 12.4. The number of hydrogen-bond donors (Lipinski definition) is 1. The van der Waals surface area contributed by atoms with E-state index in [9.17, 15) is 9.59 Å². The molecule has 0 saturated carbocycles. The predicted octanol–water partition coefficient (Wildman–Crippen LogP) is 3.40. The van der Waals surface area contributed by atoms with Crippen molar-refractivity contribution in [3.8, 4) is 17.2 Å². The van der Waals surface area contributed by atoms with E-state index in [2.05, 4.69) is 5.32 Å². The van der Waals surface area contributed by atoms with Crippen molar-refractivity contribution in [3.05, 3.63) is 52.5 Å². The molecule has 1 atom stereocenters. The maximum Gasteiger partial charge on any atom is 0.342 e. The van der Waals surface area contributed by atoms with Crippen molar-refractivity contribution in [1.29, 1.82) is 0 Å². The summed E-state index contributed by atoms with van der Waals surface area (Å²) in [4.78, 5) is 24.6. The Hall–Kier alpha value is -2.93. The average Bonchev–Trinajstić information content (AvgIpc) is 2.70. The van der Waals surface area contributed by atoms with Gasteiger partial charge in [0.05, 0.1) is 27.4 Å². The normalized spacial score (nSPS) is 11.3. The molecular weight excluding hydrogens is 386 g/mol. The first-order valence-corrected chi connectivity index (χ1v) is 8.80. The standard InChI is InChI=1S/C20H22ClNO6/c1-12(13-7-5-6-8-15(13)21)22-17(23)11-28-20(24)14-9-10-16(25-2)19(27-4)18(14)26-3/h5-10,12H,11H2,1-4H3,(H,22,23)/t12-/m1/s1. The van der Waals surface area contributed by atoms with E-state index in [0.717, 1.165) is 5.56 Å². The highest BCUT2D eigenvalue weighted by Crippen LogP contribution is 2.39. The van der Waals surface area contributed by atoms with Crippen molar-refractivity contribution in [1.82, 2.24) is 5.32 Å². The van der Waals surface area contributed by atoms with Gasteiger partial charge in [-0.1, -0.05) is 29.8 Å². The summed E-state index contributed by atoms with van der Waals surface area (Å²) in [5.74, 6) is -0.353. The van der Waals surface area contributed by atoms with Gasteiger partial charge in [-0.3, -0.25) is 4.79 Å². The zero-order chi connectivity index (χ0) is 20.7. The molecule has 0 unspecified atom stereocenters. The molecule has 2 aromatic carbocycles. The minimum Gasteiger partial charge on any atom is -0.493 e. The zero-order valence-electron chi connectivity index (χ0n) is 16.1. The fourth-order valence-electron chi connectivity index (χ4n) is 2.66. The topological polar surface area (TPSA) is 83.1 Å². The van der Waals surface area contributed by atoms with Crippen molar-refractivity contribution >= 4 is 23.5 Å². The molecule has 0 radical (unpaired) electrons. The Kier molecular flexibility index (Phi) is 7.52. The van der Waals surface area contributed by atoms with Crippen molar-refractivity contribution < 1.29 is 28.5 Å². The molecule has 1 amide bonds. The summed E-state index contributed by atoms with van der Waals surface area (Å²) in [5.41, 5.74) is 0.887. The van der Waals surface area contributed by atoms with Crippen LogP contribution in [0.3, 0.4) is 0 Å². The van der Waals surface area contributed by atoms with Gasteiger partial charge in [-0.25, -0.2) is 4.79 Å². The lowest BCUT2D eigenvalue weighted by Gasteiger charge is -2.17. The summed E-state index contributed by atoms with van der Waals surface area (Å²) in [6, 6.07) is 9.88. The molecule has 8 heteroatoms. The fourth-order valence-corrected chi connectivity index (χ4v) is 2.96. The monoisotopic (exact) mass is 407 g/mol. The smallest absolute Gasteiger partial charge is 0.342 e. The number of methoxy groups -OCH3 is 3. The highest BCUT2D eigenvalue weighted by atomic mass is 35.5. The molecule has 7 nitrogen and oxygen atoms in total. The van der Waals surface area contributed by atoms with E-state index in [-0.39, 0.29) is 23.1 Å². The number of hydrogen-bond acceptors (Lipinski definition) is 6. The third-order valence-electron chi connectivity index (χ3n) is 4.01. The number of halogens is 1. The summed E-state index contributed by atoms with van der Waals surface area (Å²) in [6.45, 7) is 1.34. The number of rotatable bonds is 8. The summed E-state index contributed by atoms with van der Waals surface area (Å²) >= 11 is 6.12. The van der Waals surface area contributed by atoms with Crippen molar-refractivity contribution in [3.63, 3.8) is 0 Å². The molecule has 0 spiro atoms. The van der Waals surface area contributed by atoms with Gasteiger partial charge in [0.1, 0.15) is 5.56 Å². The van der Waals surface area contributed by atoms with Crippen LogP contribution in [0.2, 0.25) is 5.02 Å². The summed E-state index contributed by atoms with van der Waals surface area (Å²) in [7, 11) is 4.30. The molecule has 1 N–H and O–H groups in total. The molecule has 0 aliphatic heterocycles. The van der Waals surface area contributed by atoms with Crippen LogP contribution < -0.4 is 19.5 Å². The first kappa shape index (κ1) is 21.4. The summed E-state index contributed by atoms with van der Waals surface area (Å²) in [6.07, 6.45) is 0. The molecule has 150 valence electrons. The lowest BCUT2D eigenvalue weighted by Crippen LogP contribution is -2.31. The second-order valence-corrected chi connectivity index (χ2v) is 6.18. The van der Waals surface area contributed by atoms with Gasteiger partial charge in [-0.2, -0.15) is 0 Å². The lowest BCUT2D eigenvalue weighted by molar-refractivity contribution is -0.124. The molecule has 0 fully saturated rings. The Morgan fingerprint density at radius 3 is 2.29 bits per heavy atom. The Morgan fingerprint density at radius 2 is 1.68 bits per heavy atom. The van der Waals surface area contributed by atoms with Gasteiger partial charge in [0.15, 0.2) is 18.1 Å². The molecule has 0 bridgehead atoms. The van der Waals surface area contributed by atoms with Gasteiger partial charge >= 0.3 is 5.97 Å². The Labute approximate surface area is 168 Å². The van der Waals surface area contributed by atoms with Gasteiger partial charge in [0, 0.05) is 5.02 Å². The third-order valence-corrected chi connectivity index (χ3v) is 4.35. The fraction of sp³-hybridized carbons (Fsp3) is 0.300. The maximum atomic E-state index is 12.4. The molecule has 0 aliphatic rings. The Morgan fingerprint density at radius 1 is 1.00 bits per heavy atom. The molecule has 2 rings (SSSR count). The SMILES string of the molecule is COc1ccc(C(=O)OCC(=O)N[C@H](C)c2ccccc2Cl)c(OC)c1OC. The molecular formula is C20H22ClNO6. The number of benzene rings is 2. The van der Waals surface area contributed by atoms with E-state index in [4.69, 9.17) is 30.5 Å². The van der Waals surface area contributed by atoms with E-state index < -0.39 is 18.5 Å². The van der Waals surface area contributed by atoms with Crippen molar-refractivity contribution in [2.45, 2.75) is 13.0 Å². The van der Waals surface area contributed by atoms with Gasteiger partial charge in [-0.05, 0) is 30.7 Å². The minimum absolute atomic E-state index is 0.118. The van der Waals surface area contributed by atoms with Crippen LogP contribution in [-0.2, 0) is 9.53 Å². The number of carbonyl (C=O) groups is 2. The molecule has 28 heavy (non-hydrogen) atoms. The highest BCUT2D eigenvalue weighted by molar-refractivity contribution is 6.31. The second-order valence-electron chi connectivity index (χ2n) is 5.77. The largest absolute Gasteiger partial charge is 0.493 e. The number of nitrogens with one attached hydrogen (secondary N) is 1. The van der Waals surface area contributed by atoms with E-state index >= 15 is 0 Å². The molecule has 0 aliphatic carbocycles. The molecule has 2 aromatic rings. The number of amides is 1. The zero-order valence-corrected chi connectivity index (χ0v) is 16.8. The molecule has 0 heterocycles. The van der Waals surface area contributed by atoms with Crippen LogP contribution >= 0.6 is 11.6 Å². The lowest BCUT2D eigenvalue weighted by atomic mass is 10.1. The van der Waals surface area contributed by atoms with E-state index in [1.54, 1.807) is 25.1 Å². The second kappa shape index (κ2) is 9.85. The van der Waals surface area contributed by atoms with Crippen LogP contribution in [0, 0.1) is 0 Å². The Balaban J connectivity index is 2.04. The number of ether oxygens (including phenoxy) is 4. The first-order chi connectivity index (χ1) is 13.4. The van der Waals surface area contributed by atoms with Crippen molar-refractivity contribution in [2.75, 3.05) is 27.9 Å². The quantitative estimate of drug-likeness (QED) is 0.675.